The Hall–Kier alpha value is -1.74. The molecule has 2 aromatic rings. The van der Waals surface area contributed by atoms with E-state index < -0.39 is 6.10 Å². The minimum Gasteiger partial charge on any atom is -0.388 e. The zero-order chi connectivity index (χ0) is 14.0. The summed E-state index contributed by atoms with van der Waals surface area (Å²) in [7, 11) is 0. The van der Waals surface area contributed by atoms with Crippen molar-refractivity contribution in [2.24, 2.45) is 0 Å². The number of aliphatic hydroxyl groups excluding tert-OH is 1. The Morgan fingerprint density at radius 2 is 1.74 bits per heavy atom. The van der Waals surface area contributed by atoms with Crippen molar-refractivity contribution in [2.45, 2.75) is 40.2 Å². The second-order valence-corrected chi connectivity index (χ2v) is 5.17. The number of nitrogens with zero attached hydrogens (tertiary/aromatic N) is 2. The largest absolute Gasteiger partial charge is 0.388 e. The first-order valence-corrected chi connectivity index (χ1v) is 6.52. The fourth-order valence-corrected chi connectivity index (χ4v) is 2.17. The average molecular weight is 256 g/mol. The number of hydrogen-bond donors (Lipinski definition) is 1. The highest BCUT2D eigenvalue weighted by Gasteiger charge is 2.13. The SMILES string of the molecule is Cc1cc(C(O)Cc2ccc(C)c(C)c2)c(C)nn1. The summed E-state index contributed by atoms with van der Waals surface area (Å²) in [6.45, 7) is 7.95. The number of rotatable bonds is 3. The molecule has 0 amide bonds. The molecule has 19 heavy (non-hydrogen) atoms. The molecule has 0 aliphatic heterocycles. The molecule has 3 heteroatoms. The van der Waals surface area contributed by atoms with E-state index in [0.29, 0.717) is 6.42 Å². The van der Waals surface area contributed by atoms with Gasteiger partial charge in [-0.05, 0) is 50.5 Å². The van der Waals surface area contributed by atoms with E-state index in [9.17, 15) is 5.11 Å². The lowest BCUT2D eigenvalue weighted by Crippen LogP contribution is -2.07. The summed E-state index contributed by atoms with van der Waals surface area (Å²) < 4.78 is 0. The minimum atomic E-state index is -0.531. The summed E-state index contributed by atoms with van der Waals surface area (Å²) >= 11 is 0. The van der Waals surface area contributed by atoms with Crippen molar-refractivity contribution in [3.63, 3.8) is 0 Å². The topological polar surface area (TPSA) is 46.0 Å². The highest BCUT2D eigenvalue weighted by atomic mass is 16.3. The molecule has 1 N–H and O–H groups in total. The quantitative estimate of drug-likeness (QED) is 0.918. The maximum absolute atomic E-state index is 10.4. The van der Waals surface area contributed by atoms with Crippen molar-refractivity contribution in [2.75, 3.05) is 0 Å². The first-order chi connectivity index (χ1) is 8.97. The Balaban J connectivity index is 2.22. The molecular weight excluding hydrogens is 236 g/mol. The Labute approximate surface area is 114 Å². The van der Waals surface area contributed by atoms with Crippen LogP contribution < -0.4 is 0 Å². The molecule has 2 rings (SSSR count). The highest BCUT2D eigenvalue weighted by Crippen LogP contribution is 2.22. The third-order valence-corrected chi connectivity index (χ3v) is 3.50. The summed E-state index contributed by atoms with van der Waals surface area (Å²) in [4.78, 5) is 0. The lowest BCUT2D eigenvalue weighted by molar-refractivity contribution is 0.177. The van der Waals surface area contributed by atoms with Gasteiger partial charge in [0.2, 0.25) is 0 Å². The van der Waals surface area contributed by atoms with Crippen molar-refractivity contribution in [3.05, 3.63) is 57.9 Å². The molecular formula is C16H20N2O. The van der Waals surface area contributed by atoms with Gasteiger partial charge in [-0.1, -0.05) is 18.2 Å². The monoisotopic (exact) mass is 256 g/mol. The van der Waals surface area contributed by atoms with E-state index in [1.54, 1.807) is 0 Å². The second-order valence-electron chi connectivity index (χ2n) is 5.17. The lowest BCUT2D eigenvalue weighted by atomic mass is 9.98. The molecule has 0 fully saturated rings. The van der Waals surface area contributed by atoms with E-state index >= 15 is 0 Å². The van der Waals surface area contributed by atoms with E-state index in [-0.39, 0.29) is 0 Å². The van der Waals surface area contributed by atoms with Crippen molar-refractivity contribution in [1.82, 2.24) is 10.2 Å². The van der Waals surface area contributed by atoms with Crippen LogP contribution in [0.25, 0.3) is 0 Å². The van der Waals surface area contributed by atoms with E-state index in [0.717, 1.165) is 22.5 Å². The standard InChI is InChI=1S/C16H20N2O/c1-10-5-6-14(7-11(10)2)9-16(19)15-8-12(3)17-18-13(15)4/h5-8,16,19H,9H2,1-4H3. The van der Waals surface area contributed by atoms with E-state index in [1.165, 1.54) is 11.1 Å². The van der Waals surface area contributed by atoms with Crippen LogP contribution in [-0.2, 0) is 6.42 Å². The smallest absolute Gasteiger partial charge is 0.0849 e. The fraction of sp³-hybridized carbons (Fsp3) is 0.375. The molecule has 1 aromatic heterocycles. The molecule has 3 nitrogen and oxygen atoms in total. The van der Waals surface area contributed by atoms with Gasteiger partial charge in [0.05, 0.1) is 17.5 Å². The van der Waals surface area contributed by atoms with Crippen molar-refractivity contribution in [3.8, 4) is 0 Å². The van der Waals surface area contributed by atoms with Crippen LogP contribution in [0.5, 0.6) is 0 Å². The predicted octanol–water partition coefficient (Wildman–Crippen LogP) is 2.99. The van der Waals surface area contributed by atoms with Crippen molar-refractivity contribution in [1.29, 1.82) is 0 Å². The third-order valence-electron chi connectivity index (χ3n) is 3.50. The molecule has 0 aliphatic rings. The normalized spacial score (nSPS) is 12.5. The van der Waals surface area contributed by atoms with Crippen molar-refractivity contribution < 1.29 is 5.11 Å². The highest BCUT2D eigenvalue weighted by molar-refractivity contribution is 5.32. The summed E-state index contributed by atoms with van der Waals surface area (Å²) in [5.41, 5.74) is 6.16. The van der Waals surface area contributed by atoms with E-state index in [1.807, 2.05) is 19.9 Å². The van der Waals surface area contributed by atoms with Gasteiger partial charge in [0.15, 0.2) is 0 Å². The Kier molecular flexibility index (Phi) is 3.96. The maximum atomic E-state index is 10.4. The predicted molar refractivity (Wildman–Crippen MR) is 76.1 cm³/mol. The van der Waals surface area contributed by atoms with Crippen LogP contribution >= 0.6 is 0 Å². The van der Waals surface area contributed by atoms with Gasteiger partial charge in [0.25, 0.3) is 0 Å². The molecule has 0 spiro atoms. The van der Waals surface area contributed by atoms with Gasteiger partial charge in [-0.25, -0.2) is 0 Å². The molecule has 1 atom stereocenters. The molecule has 1 heterocycles. The summed E-state index contributed by atoms with van der Waals surface area (Å²) in [6, 6.07) is 8.21. The van der Waals surface area contributed by atoms with Gasteiger partial charge >= 0.3 is 0 Å². The van der Waals surface area contributed by atoms with Gasteiger partial charge in [0.1, 0.15) is 0 Å². The van der Waals surface area contributed by atoms with Crippen LogP contribution in [0, 0.1) is 27.7 Å². The number of aliphatic hydroxyl groups is 1. The molecule has 0 radical (unpaired) electrons. The van der Waals surface area contributed by atoms with Gasteiger partial charge in [0, 0.05) is 12.0 Å². The summed E-state index contributed by atoms with van der Waals surface area (Å²) in [6.07, 6.45) is 0.0731. The van der Waals surface area contributed by atoms with Gasteiger partial charge in [-0.3, -0.25) is 0 Å². The van der Waals surface area contributed by atoms with Crippen LogP contribution in [0.3, 0.4) is 0 Å². The van der Waals surface area contributed by atoms with Gasteiger partial charge in [-0.2, -0.15) is 10.2 Å². The van der Waals surface area contributed by atoms with Gasteiger partial charge < -0.3 is 5.11 Å². The molecule has 0 saturated heterocycles. The van der Waals surface area contributed by atoms with Gasteiger partial charge in [-0.15, -0.1) is 0 Å². The molecule has 1 unspecified atom stereocenters. The van der Waals surface area contributed by atoms with Crippen LogP contribution in [-0.4, -0.2) is 15.3 Å². The van der Waals surface area contributed by atoms with E-state index in [4.69, 9.17) is 0 Å². The fourth-order valence-electron chi connectivity index (χ4n) is 2.17. The Morgan fingerprint density at radius 1 is 1.00 bits per heavy atom. The van der Waals surface area contributed by atoms with Crippen LogP contribution in [0.15, 0.2) is 24.3 Å². The number of hydrogen-bond acceptors (Lipinski definition) is 3. The second kappa shape index (κ2) is 5.49. The average Bonchev–Trinajstić information content (AvgIpc) is 2.36. The number of benzene rings is 1. The molecule has 0 aliphatic carbocycles. The maximum Gasteiger partial charge on any atom is 0.0849 e. The molecule has 100 valence electrons. The zero-order valence-corrected chi connectivity index (χ0v) is 11.9. The first kappa shape index (κ1) is 13.7. The summed E-state index contributed by atoms with van der Waals surface area (Å²) in [5, 5.41) is 18.4. The lowest BCUT2D eigenvalue weighted by Gasteiger charge is -2.14. The Bertz CT molecular complexity index is 593. The Morgan fingerprint density at radius 3 is 2.42 bits per heavy atom. The molecule has 0 saturated carbocycles. The number of aryl methyl sites for hydroxylation is 4. The zero-order valence-electron chi connectivity index (χ0n) is 11.9. The minimum absolute atomic E-state index is 0.531. The molecule has 0 bridgehead atoms. The first-order valence-electron chi connectivity index (χ1n) is 6.52. The number of aromatic nitrogens is 2. The van der Waals surface area contributed by atoms with E-state index in [2.05, 4.69) is 42.2 Å². The van der Waals surface area contributed by atoms with Crippen LogP contribution in [0.2, 0.25) is 0 Å². The summed E-state index contributed by atoms with van der Waals surface area (Å²) in [5.74, 6) is 0. The van der Waals surface area contributed by atoms with Crippen LogP contribution in [0.1, 0.15) is 39.7 Å². The third kappa shape index (κ3) is 3.18. The van der Waals surface area contributed by atoms with Crippen molar-refractivity contribution >= 4 is 0 Å². The van der Waals surface area contributed by atoms with Crippen LogP contribution in [0.4, 0.5) is 0 Å². The molecule has 1 aromatic carbocycles.